The van der Waals surface area contributed by atoms with Gasteiger partial charge < -0.3 is 15.2 Å². The number of nitrogens with zero attached hydrogens (tertiary/aromatic N) is 4. The molecule has 228 valence electrons. The molecule has 0 unspecified atom stereocenters. The van der Waals surface area contributed by atoms with Gasteiger partial charge in [-0.25, -0.2) is 4.98 Å². The summed E-state index contributed by atoms with van der Waals surface area (Å²) < 4.78 is 3.70. The molecule has 0 aliphatic rings. The first kappa shape index (κ1) is 30.8. The van der Waals surface area contributed by atoms with Crippen LogP contribution in [0.2, 0.25) is 0 Å². The molecule has 0 atom stereocenters. The fourth-order valence-electron chi connectivity index (χ4n) is 5.29. The van der Waals surface area contributed by atoms with Crippen molar-refractivity contribution in [2.45, 2.75) is 36.7 Å². The summed E-state index contributed by atoms with van der Waals surface area (Å²) in [5.74, 6) is 1.12. The lowest BCUT2D eigenvalue weighted by molar-refractivity contribution is -0.114. The van der Waals surface area contributed by atoms with Crippen molar-refractivity contribution in [3.8, 4) is 0 Å². The van der Waals surface area contributed by atoms with Gasteiger partial charge in [-0.1, -0.05) is 83.7 Å². The van der Waals surface area contributed by atoms with Crippen LogP contribution in [0.15, 0.2) is 82.3 Å². The van der Waals surface area contributed by atoms with Gasteiger partial charge in [0, 0.05) is 24.8 Å². The van der Waals surface area contributed by atoms with E-state index in [4.69, 9.17) is 0 Å². The molecular weight excluding hydrogens is 621 g/mol. The number of carbonyl (C=O) groups excluding carboxylic acids is 2. The third kappa shape index (κ3) is 7.22. The Labute approximate surface area is 274 Å². The first-order chi connectivity index (χ1) is 21.7. The second kappa shape index (κ2) is 13.4. The number of hydrogen-bond acceptors (Lipinski definition) is 8. The third-order valence-corrected chi connectivity index (χ3v) is 10.6. The van der Waals surface area contributed by atoms with Crippen LogP contribution in [0.3, 0.4) is 0 Å². The number of thioether (sulfide) groups is 2. The number of nitrogens with one attached hydrogen (secondary N) is 2. The molecule has 0 fully saturated rings. The molecule has 6 aromatic rings. The van der Waals surface area contributed by atoms with Crippen molar-refractivity contribution in [2.24, 2.45) is 7.05 Å². The fourth-order valence-corrected chi connectivity index (χ4v) is 7.93. The molecule has 6 rings (SSSR count). The number of aryl methyl sites for hydroxylation is 3. The molecule has 0 saturated carbocycles. The highest BCUT2D eigenvalue weighted by molar-refractivity contribution is 8.01. The largest absolute Gasteiger partial charge is 0.325 e. The Morgan fingerprint density at radius 3 is 2.40 bits per heavy atom. The van der Waals surface area contributed by atoms with E-state index < -0.39 is 0 Å². The lowest BCUT2D eigenvalue weighted by atomic mass is 10.0. The Balaban J connectivity index is 1.02. The normalized spacial score (nSPS) is 11.3. The zero-order valence-corrected chi connectivity index (χ0v) is 27.8. The van der Waals surface area contributed by atoms with Crippen LogP contribution in [-0.2, 0) is 23.1 Å². The van der Waals surface area contributed by atoms with Crippen molar-refractivity contribution in [1.29, 1.82) is 0 Å². The SMILES string of the molecule is Cc1cc(C)c(NC(=O)CSc2nc3ccc(NC(=O)CSc4nnc(Cc5cccc6ccccc56)n4C)cc3s2)c(C)c1. The van der Waals surface area contributed by atoms with E-state index in [2.05, 4.69) is 68.3 Å². The van der Waals surface area contributed by atoms with Gasteiger partial charge in [0.1, 0.15) is 5.82 Å². The topological polar surface area (TPSA) is 102 Å². The summed E-state index contributed by atoms with van der Waals surface area (Å²) in [4.78, 5) is 30.2. The number of benzene rings is 4. The Morgan fingerprint density at radius 2 is 1.58 bits per heavy atom. The van der Waals surface area contributed by atoms with Crippen LogP contribution >= 0.6 is 34.9 Å². The number of rotatable bonds is 10. The third-order valence-electron chi connectivity index (χ3n) is 7.41. The molecule has 0 bridgehead atoms. The molecule has 8 nitrogen and oxygen atoms in total. The lowest BCUT2D eigenvalue weighted by Crippen LogP contribution is -2.15. The van der Waals surface area contributed by atoms with Crippen LogP contribution in [-0.4, -0.2) is 43.1 Å². The van der Waals surface area contributed by atoms with E-state index in [1.165, 1.54) is 56.8 Å². The summed E-state index contributed by atoms with van der Waals surface area (Å²) in [6.07, 6.45) is 0.656. The van der Waals surface area contributed by atoms with Crippen LogP contribution < -0.4 is 10.6 Å². The molecule has 11 heteroatoms. The average Bonchev–Trinajstić information content (AvgIpc) is 3.59. The molecule has 2 heterocycles. The van der Waals surface area contributed by atoms with Crippen LogP contribution in [0.4, 0.5) is 11.4 Å². The second-order valence-electron chi connectivity index (χ2n) is 10.9. The predicted octanol–water partition coefficient (Wildman–Crippen LogP) is 7.56. The second-order valence-corrected chi connectivity index (χ2v) is 14.1. The minimum absolute atomic E-state index is 0.0663. The monoisotopic (exact) mass is 652 g/mol. The van der Waals surface area contributed by atoms with Gasteiger partial charge in [-0.3, -0.25) is 9.59 Å². The first-order valence-corrected chi connectivity index (χ1v) is 17.2. The van der Waals surface area contributed by atoms with E-state index in [-0.39, 0.29) is 23.3 Å². The summed E-state index contributed by atoms with van der Waals surface area (Å²) in [6, 6.07) is 24.4. The molecule has 45 heavy (non-hydrogen) atoms. The van der Waals surface area contributed by atoms with Crippen molar-refractivity contribution < 1.29 is 9.59 Å². The molecule has 0 radical (unpaired) electrons. The van der Waals surface area contributed by atoms with Gasteiger partial charge >= 0.3 is 0 Å². The average molecular weight is 653 g/mol. The van der Waals surface area contributed by atoms with E-state index in [1.807, 2.05) is 62.7 Å². The summed E-state index contributed by atoms with van der Waals surface area (Å²) in [6.45, 7) is 6.06. The molecule has 0 spiro atoms. The smallest absolute Gasteiger partial charge is 0.234 e. The lowest BCUT2D eigenvalue weighted by Gasteiger charge is -2.12. The Bertz CT molecular complexity index is 2020. The Hall–Kier alpha value is -4.19. The van der Waals surface area contributed by atoms with Gasteiger partial charge in [0.25, 0.3) is 0 Å². The fraction of sp³-hybridized carbons (Fsp3) is 0.206. The van der Waals surface area contributed by atoms with Crippen LogP contribution in [0.5, 0.6) is 0 Å². The van der Waals surface area contributed by atoms with Gasteiger partial charge in [0.2, 0.25) is 11.8 Å². The summed E-state index contributed by atoms with van der Waals surface area (Å²) in [5, 5.41) is 17.9. The maximum atomic E-state index is 12.8. The molecule has 4 aromatic carbocycles. The number of amides is 2. The Kier molecular flexibility index (Phi) is 9.20. The van der Waals surface area contributed by atoms with Crippen LogP contribution in [0, 0.1) is 20.8 Å². The highest BCUT2D eigenvalue weighted by atomic mass is 32.2. The highest BCUT2D eigenvalue weighted by Crippen LogP contribution is 2.32. The van der Waals surface area contributed by atoms with Crippen molar-refractivity contribution >= 4 is 79.0 Å². The van der Waals surface area contributed by atoms with Crippen molar-refractivity contribution in [2.75, 3.05) is 22.1 Å². The molecule has 0 aliphatic carbocycles. The number of hydrogen-bond donors (Lipinski definition) is 2. The summed E-state index contributed by atoms with van der Waals surface area (Å²) >= 11 is 4.27. The molecule has 0 saturated heterocycles. The van der Waals surface area contributed by atoms with Crippen molar-refractivity contribution in [3.63, 3.8) is 0 Å². The highest BCUT2D eigenvalue weighted by Gasteiger charge is 2.15. The molecule has 2 amide bonds. The number of anilines is 2. The van der Waals surface area contributed by atoms with Gasteiger partial charge in [0.05, 0.1) is 21.7 Å². The zero-order valence-electron chi connectivity index (χ0n) is 25.4. The van der Waals surface area contributed by atoms with E-state index in [1.54, 1.807) is 0 Å². The number of aromatic nitrogens is 4. The van der Waals surface area contributed by atoms with E-state index >= 15 is 0 Å². The van der Waals surface area contributed by atoms with Gasteiger partial charge in [-0.2, -0.15) is 0 Å². The summed E-state index contributed by atoms with van der Waals surface area (Å²) in [5.41, 5.74) is 6.87. The number of thiazole rings is 1. The van der Waals surface area contributed by atoms with E-state index in [9.17, 15) is 9.59 Å². The van der Waals surface area contributed by atoms with Gasteiger partial charge in [-0.15, -0.1) is 21.5 Å². The maximum absolute atomic E-state index is 12.8. The minimum Gasteiger partial charge on any atom is -0.325 e. The molecule has 2 aromatic heterocycles. The van der Waals surface area contributed by atoms with Gasteiger partial charge in [0.15, 0.2) is 9.50 Å². The summed E-state index contributed by atoms with van der Waals surface area (Å²) in [7, 11) is 1.93. The quantitative estimate of drug-likeness (QED) is 0.147. The molecular formula is C34H32N6O2S3. The van der Waals surface area contributed by atoms with Crippen molar-refractivity contribution in [3.05, 3.63) is 101 Å². The van der Waals surface area contributed by atoms with E-state index in [0.717, 1.165) is 37.2 Å². The molecule has 0 aliphatic heterocycles. The molecule has 2 N–H and O–H groups in total. The van der Waals surface area contributed by atoms with Crippen LogP contribution in [0.25, 0.3) is 21.0 Å². The number of fused-ring (bicyclic) bond motifs is 2. The minimum atomic E-state index is -0.129. The van der Waals surface area contributed by atoms with Crippen molar-refractivity contribution in [1.82, 2.24) is 19.7 Å². The zero-order chi connectivity index (χ0) is 31.5. The van der Waals surface area contributed by atoms with E-state index in [0.29, 0.717) is 17.3 Å². The maximum Gasteiger partial charge on any atom is 0.234 e. The number of carbonyl (C=O) groups is 2. The predicted molar refractivity (Wildman–Crippen MR) is 187 cm³/mol. The van der Waals surface area contributed by atoms with Crippen LogP contribution in [0.1, 0.15) is 28.1 Å². The Morgan fingerprint density at radius 1 is 0.844 bits per heavy atom. The standard InChI is InChI=1S/C34H32N6O2S3/c1-20-14-21(2)32(22(3)15-20)37-31(42)19-44-34-36-27-13-12-25(17-28(27)45-34)35-30(41)18-43-33-39-38-29(40(33)4)16-24-10-7-9-23-8-5-6-11-26(23)24/h5-15,17H,16,18-19H2,1-4H3,(H,35,41)(H,37,42). The first-order valence-electron chi connectivity index (χ1n) is 14.4. The van der Waals surface area contributed by atoms with Gasteiger partial charge in [-0.05, 0) is 66.4 Å².